The summed E-state index contributed by atoms with van der Waals surface area (Å²) in [5, 5.41) is 38.4. The van der Waals surface area contributed by atoms with E-state index in [2.05, 4.69) is 38.6 Å². The van der Waals surface area contributed by atoms with Crippen LogP contribution < -0.4 is 0 Å². The molecule has 0 amide bonds. The van der Waals surface area contributed by atoms with Gasteiger partial charge in [-0.25, -0.2) is 0 Å². The first-order chi connectivity index (χ1) is 24.6. The Hall–Kier alpha value is 0.0334. The second-order valence-electron chi connectivity index (χ2n) is 16.9. The molecule has 5 nitrogen and oxygen atoms in total. The standard InChI is InChI=1S/C33H54NO2.2C5H10N.ClH.Ru/c35-32(26-14-5-1-6-15-26,27-16-7-2-8-17-27)24-30-22-13-23-31(34-30)25-33(36,28-18-9-3-10-19-28)29-20-11-4-12-21-29;2*1-2-4-6-5-3-1;;/h13,22-23,26-30,35-36H,1-12,14-21,24-25H2;2*1-5H2;1H;/q3*-1;;+4/p-1. The molecule has 0 bridgehead atoms. The normalized spacial score (nSPS) is 26.5. The Labute approximate surface area is 322 Å². The fourth-order valence-electron chi connectivity index (χ4n) is 10.6. The van der Waals surface area contributed by atoms with Crippen molar-refractivity contribution in [2.24, 2.45) is 23.7 Å². The first-order valence-corrected chi connectivity index (χ1v) is 23.7. The molecule has 2 saturated heterocycles. The van der Waals surface area contributed by atoms with Crippen LogP contribution in [0.1, 0.15) is 180 Å². The molecule has 7 rings (SSSR count). The third-order valence-electron chi connectivity index (χ3n) is 13.5. The van der Waals surface area contributed by atoms with E-state index >= 15 is 0 Å². The van der Waals surface area contributed by atoms with E-state index in [9.17, 15) is 10.2 Å². The second-order valence-corrected chi connectivity index (χ2v) is 16.9. The Balaban J connectivity index is 0.000000334. The van der Waals surface area contributed by atoms with Gasteiger partial charge in [-0.05, 0) is 87.9 Å². The predicted molar refractivity (Wildman–Crippen MR) is 210 cm³/mol. The number of rotatable bonds is 8. The van der Waals surface area contributed by atoms with Crippen LogP contribution >= 0.6 is 9.69 Å². The molecule has 4 aliphatic carbocycles. The SMILES string of the molecule is C1CC[N-]CC1.C1CC[N-]CC1.OC(CC1=CC=CC(CC(O)(C2CCCCC2)C2CCCCC2)[N-]1)(C1CCCCC1)C1CCCCC1.[Cl][Ru+3]. The van der Waals surface area contributed by atoms with Gasteiger partial charge in [-0.3, -0.25) is 0 Å². The summed E-state index contributed by atoms with van der Waals surface area (Å²) in [5.74, 6) is 1.73. The van der Waals surface area contributed by atoms with Crippen molar-refractivity contribution in [1.82, 2.24) is 0 Å². The molecule has 0 spiro atoms. The molecule has 3 aliphatic heterocycles. The monoisotopic (exact) mass is 801 g/mol. The first-order valence-electron chi connectivity index (χ1n) is 21.5. The molecule has 4 saturated carbocycles. The summed E-state index contributed by atoms with van der Waals surface area (Å²) in [7, 11) is 4.57. The Morgan fingerprint density at radius 1 is 0.520 bits per heavy atom. The van der Waals surface area contributed by atoms with Crippen molar-refractivity contribution in [2.45, 2.75) is 197 Å². The number of hydrogen-bond acceptors (Lipinski definition) is 2. The van der Waals surface area contributed by atoms with Gasteiger partial charge in [0.1, 0.15) is 0 Å². The average Bonchev–Trinajstić information content (AvgIpc) is 3.22. The molecule has 0 aromatic carbocycles. The van der Waals surface area contributed by atoms with Gasteiger partial charge in [0.15, 0.2) is 0 Å². The number of allylic oxidation sites excluding steroid dienone is 2. The minimum atomic E-state index is -0.602. The zero-order valence-corrected chi connectivity index (χ0v) is 34.2. The van der Waals surface area contributed by atoms with Gasteiger partial charge in [-0.1, -0.05) is 140 Å². The zero-order valence-electron chi connectivity index (χ0n) is 31.7. The number of halogens is 1. The van der Waals surface area contributed by atoms with Crippen molar-refractivity contribution in [3.63, 3.8) is 0 Å². The van der Waals surface area contributed by atoms with Crippen LogP contribution in [0.4, 0.5) is 0 Å². The van der Waals surface area contributed by atoms with E-state index < -0.39 is 11.2 Å². The van der Waals surface area contributed by atoms with E-state index in [-0.39, 0.29) is 6.04 Å². The summed E-state index contributed by atoms with van der Waals surface area (Å²) in [6.45, 7) is 4.50. The quantitative estimate of drug-likeness (QED) is 0.240. The molecule has 6 fully saturated rings. The van der Waals surface area contributed by atoms with Crippen LogP contribution in [0.15, 0.2) is 23.9 Å². The van der Waals surface area contributed by atoms with Crippen molar-refractivity contribution in [3.8, 4) is 0 Å². The Morgan fingerprint density at radius 2 is 0.860 bits per heavy atom. The van der Waals surface area contributed by atoms with Crippen molar-refractivity contribution in [1.29, 1.82) is 0 Å². The van der Waals surface area contributed by atoms with E-state index in [0.717, 1.165) is 38.3 Å². The molecule has 2 N–H and O–H groups in total. The summed E-state index contributed by atoms with van der Waals surface area (Å²) in [5.41, 5.74) is -0.0874. The van der Waals surface area contributed by atoms with Gasteiger partial charge in [0.2, 0.25) is 0 Å². The van der Waals surface area contributed by atoms with Crippen molar-refractivity contribution >= 4 is 9.69 Å². The molecule has 50 heavy (non-hydrogen) atoms. The van der Waals surface area contributed by atoms with Gasteiger partial charge in [0.25, 0.3) is 0 Å². The maximum atomic E-state index is 12.4. The van der Waals surface area contributed by atoms with E-state index in [0.29, 0.717) is 30.1 Å². The summed E-state index contributed by atoms with van der Waals surface area (Å²) in [6.07, 6.45) is 41.3. The third-order valence-corrected chi connectivity index (χ3v) is 13.5. The van der Waals surface area contributed by atoms with E-state index in [1.165, 1.54) is 167 Å². The molecule has 0 aromatic heterocycles. The molecule has 288 valence electrons. The van der Waals surface area contributed by atoms with E-state index in [1.807, 2.05) is 17.3 Å². The topological polar surface area (TPSA) is 82.8 Å². The Kier molecular flexibility index (Phi) is 20.9. The summed E-state index contributed by atoms with van der Waals surface area (Å²) >= 11 is 1.82. The Morgan fingerprint density at radius 3 is 1.18 bits per heavy atom. The van der Waals surface area contributed by atoms with Crippen LogP contribution in [-0.4, -0.2) is 53.6 Å². The van der Waals surface area contributed by atoms with E-state index in [4.69, 9.17) is 5.32 Å². The molecule has 7 aliphatic rings. The van der Waals surface area contributed by atoms with Gasteiger partial charge in [-0.15, -0.1) is 26.2 Å². The van der Waals surface area contributed by atoms with Gasteiger partial charge >= 0.3 is 27.0 Å². The number of piperidine rings is 2. The summed E-state index contributed by atoms with van der Waals surface area (Å²) < 4.78 is 0. The second kappa shape index (κ2) is 24.4. The van der Waals surface area contributed by atoms with Crippen LogP contribution in [-0.2, 0) is 17.3 Å². The van der Waals surface area contributed by atoms with Crippen LogP contribution in [0.5, 0.6) is 0 Å². The average molecular weight is 802 g/mol. The molecular weight excluding hydrogens is 727 g/mol. The van der Waals surface area contributed by atoms with Gasteiger partial charge in [0, 0.05) is 0 Å². The zero-order chi connectivity index (χ0) is 35.3. The number of aliphatic hydroxyl groups is 2. The summed E-state index contributed by atoms with van der Waals surface area (Å²) in [6, 6.07) is 0.0563. The summed E-state index contributed by atoms with van der Waals surface area (Å²) in [4.78, 5) is 0. The van der Waals surface area contributed by atoms with Gasteiger partial charge < -0.3 is 26.2 Å². The van der Waals surface area contributed by atoms with E-state index in [1.54, 1.807) is 0 Å². The van der Waals surface area contributed by atoms with Crippen LogP contribution in [0.2, 0.25) is 0 Å². The number of nitrogens with zero attached hydrogens (tertiary/aromatic N) is 3. The molecule has 3 heterocycles. The maximum absolute atomic E-state index is 12.4. The minimum absolute atomic E-state index is 0.0563. The Bertz CT molecular complexity index is 859. The fraction of sp³-hybridized carbons (Fsp3) is 0.907. The van der Waals surface area contributed by atoms with Crippen LogP contribution in [0.25, 0.3) is 16.0 Å². The van der Waals surface area contributed by atoms with Crippen molar-refractivity contribution in [2.75, 3.05) is 26.2 Å². The number of hydrogen-bond donors (Lipinski definition) is 2. The molecule has 0 radical (unpaired) electrons. The van der Waals surface area contributed by atoms with Crippen molar-refractivity contribution < 1.29 is 27.5 Å². The predicted octanol–water partition coefficient (Wildman–Crippen LogP) is 12.5. The van der Waals surface area contributed by atoms with Gasteiger partial charge in [-0.2, -0.15) is 5.70 Å². The molecule has 1 unspecified atom stereocenters. The first kappa shape index (κ1) is 42.8. The van der Waals surface area contributed by atoms with Gasteiger partial charge in [0.05, 0.1) is 11.2 Å². The third kappa shape index (κ3) is 13.7. The van der Waals surface area contributed by atoms with Crippen LogP contribution in [0.3, 0.4) is 0 Å². The molecule has 7 heteroatoms. The molecular formula is C43H74ClN3O2Ru. The van der Waals surface area contributed by atoms with Crippen LogP contribution in [0, 0.1) is 23.7 Å². The molecule has 1 atom stereocenters. The van der Waals surface area contributed by atoms with Crippen molar-refractivity contribution in [3.05, 3.63) is 39.9 Å². The molecule has 0 aromatic rings. The fourth-order valence-corrected chi connectivity index (χ4v) is 10.6.